The van der Waals surface area contributed by atoms with Crippen LogP contribution in [0.5, 0.6) is 0 Å². The fourth-order valence-electron chi connectivity index (χ4n) is 3.44. The van der Waals surface area contributed by atoms with E-state index in [1.807, 2.05) is 32.0 Å². The molecule has 1 aromatic carbocycles. The van der Waals surface area contributed by atoms with Gasteiger partial charge in [-0.05, 0) is 37.0 Å². The van der Waals surface area contributed by atoms with Crippen molar-refractivity contribution in [1.29, 1.82) is 0 Å². The molecule has 8 nitrogen and oxygen atoms in total. The van der Waals surface area contributed by atoms with Gasteiger partial charge in [-0.25, -0.2) is 0 Å². The van der Waals surface area contributed by atoms with E-state index in [4.69, 9.17) is 4.74 Å². The van der Waals surface area contributed by atoms with Crippen molar-refractivity contribution in [3.05, 3.63) is 39.4 Å². The molecule has 3 atom stereocenters. The standard InChI is InChI=1S/C19H24N2O6/c1-11-4-5-12(2)16(6-11)20-18(23)10-27-19(24)8-14-15(9-21(25)26)13(3)7-17(14)22/h4-6,13-15H,7-10H2,1-3H3,(H,20,23)/t13-,14+,15+/m1/s1. The Bertz CT molecular complexity index is 761. The molecule has 2 rings (SSSR count). The second-order valence-electron chi connectivity index (χ2n) is 7.16. The number of nitro groups is 1. The highest BCUT2D eigenvalue weighted by molar-refractivity contribution is 5.94. The highest BCUT2D eigenvalue weighted by atomic mass is 16.6. The molecule has 1 saturated carbocycles. The minimum absolute atomic E-state index is 0.145. The van der Waals surface area contributed by atoms with Gasteiger partial charge >= 0.3 is 5.97 Å². The number of nitrogens with one attached hydrogen (secondary N) is 1. The van der Waals surface area contributed by atoms with Gasteiger partial charge in [-0.1, -0.05) is 19.1 Å². The molecule has 0 aromatic heterocycles. The maximum absolute atomic E-state index is 12.1. The number of esters is 1. The number of carbonyl (C=O) groups is 3. The van der Waals surface area contributed by atoms with Crippen molar-refractivity contribution < 1.29 is 24.0 Å². The zero-order valence-corrected chi connectivity index (χ0v) is 15.7. The van der Waals surface area contributed by atoms with E-state index in [1.165, 1.54) is 0 Å². The molecule has 1 aromatic rings. The Kier molecular flexibility index (Phi) is 6.65. The lowest BCUT2D eigenvalue weighted by Gasteiger charge is -2.17. The number of aryl methyl sites for hydroxylation is 2. The summed E-state index contributed by atoms with van der Waals surface area (Å²) in [5.41, 5.74) is 2.51. The van der Waals surface area contributed by atoms with Gasteiger partial charge in [0.15, 0.2) is 6.61 Å². The van der Waals surface area contributed by atoms with Gasteiger partial charge in [-0.15, -0.1) is 0 Å². The number of anilines is 1. The summed E-state index contributed by atoms with van der Waals surface area (Å²) in [5, 5.41) is 13.5. The van der Waals surface area contributed by atoms with Crippen molar-refractivity contribution in [3.63, 3.8) is 0 Å². The average molecular weight is 376 g/mol. The predicted octanol–water partition coefficient (Wildman–Crippen LogP) is 2.29. The fraction of sp³-hybridized carbons (Fsp3) is 0.526. The Hall–Kier alpha value is -2.77. The number of benzene rings is 1. The van der Waals surface area contributed by atoms with Crippen LogP contribution in [0.25, 0.3) is 0 Å². The van der Waals surface area contributed by atoms with E-state index in [0.717, 1.165) is 11.1 Å². The first kappa shape index (κ1) is 20.5. The smallest absolute Gasteiger partial charge is 0.307 e. The first-order valence-electron chi connectivity index (χ1n) is 8.84. The molecule has 0 bridgehead atoms. The predicted molar refractivity (Wildman–Crippen MR) is 97.8 cm³/mol. The van der Waals surface area contributed by atoms with Crippen LogP contribution >= 0.6 is 0 Å². The lowest BCUT2D eigenvalue weighted by Crippen LogP contribution is -2.28. The number of carbonyl (C=O) groups excluding carboxylic acids is 3. The van der Waals surface area contributed by atoms with E-state index < -0.39 is 35.2 Å². The van der Waals surface area contributed by atoms with Crippen molar-refractivity contribution in [2.45, 2.75) is 33.6 Å². The first-order chi connectivity index (χ1) is 12.7. The molecule has 1 aliphatic carbocycles. The van der Waals surface area contributed by atoms with Gasteiger partial charge in [0.05, 0.1) is 6.42 Å². The summed E-state index contributed by atoms with van der Waals surface area (Å²) >= 11 is 0. The van der Waals surface area contributed by atoms with Gasteiger partial charge in [0, 0.05) is 28.9 Å². The third kappa shape index (κ3) is 5.60. The number of rotatable bonds is 7. The number of ketones is 1. The number of amides is 1. The van der Waals surface area contributed by atoms with Crippen LogP contribution in [0.15, 0.2) is 18.2 Å². The van der Waals surface area contributed by atoms with E-state index in [1.54, 1.807) is 6.92 Å². The lowest BCUT2D eigenvalue weighted by molar-refractivity contribution is -0.490. The first-order valence-corrected chi connectivity index (χ1v) is 8.84. The van der Waals surface area contributed by atoms with E-state index in [9.17, 15) is 24.5 Å². The molecule has 146 valence electrons. The monoisotopic (exact) mass is 376 g/mol. The summed E-state index contributed by atoms with van der Waals surface area (Å²) in [4.78, 5) is 46.4. The molecule has 8 heteroatoms. The molecule has 0 aliphatic heterocycles. The Balaban J connectivity index is 1.87. The molecule has 1 aliphatic rings. The summed E-state index contributed by atoms with van der Waals surface area (Å²) in [6, 6.07) is 5.61. The second-order valence-corrected chi connectivity index (χ2v) is 7.16. The second kappa shape index (κ2) is 8.75. The highest BCUT2D eigenvalue weighted by Gasteiger charge is 2.44. The van der Waals surface area contributed by atoms with Crippen LogP contribution in [0.3, 0.4) is 0 Å². The molecular weight excluding hydrogens is 352 g/mol. The quantitative estimate of drug-likeness (QED) is 0.443. The van der Waals surface area contributed by atoms with E-state index >= 15 is 0 Å². The Morgan fingerprint density at radius 3 is 2.70 bits per heavy atom. The third-order valence-corrected chi connectivity index (χ3v) is 4.96. The third-order valence-electron chi connectivity index (χ3n) is 4.96. The van der Waals surface area contributed by atoms with Crippen LogP contribution in [0.2, 0.25) is 0 Å². The van der Waals surface area contributed by atoms with Crippen LogP contribution in [0, 0.1) is 41.7 Å². The van der Waals surface area contributed by atoms with Gasteiger partial charge in [-0.3, -0.25) is 24.5 Å². The van der Waals surface area contributed by atoms with Crippen molar-refractivity contribution in [2.75, 3.05) is 18.5 Å². The van der Waals surface area contributed by atoms with Crippen molar-refractivity contribution in [1.82, 2.24) is 0 Å². The maximum Gasteiger partial charge on any atom is 0.307 e. The fourth-order valence-corrected chi connectivity index (χ4v) is 3.44. The summed E-state index contributed by atoms with van der Waals surface area (Å²) in [6.45, 7) is 4.70. The minimum atomic E-state index is -0.722. The van der Waals surface area contributed by atoms with Gasteiger partial charge in [0.1, 0.15) is 5.78 Å². The average Bonchev–Trinajstić information content (AvgIpc) is 2.83. The van der Waals surface area contributed by atoms with Crippen LogP contribution in [0.4, 0.5) is 5.69 Å². The van der Waals surface area contributed by atoms with Gasteiger partial charge in [-0.2, -0.15) is 0 Å². The minimum Gasteiger partial charge on any atom is -0.456 e. The van der Waals surface area contributed by atoms with Gasteiger partial charge in [0.2, 0.25) is 6.54 Å². The Labute approximate surface area is 157 Å². The number of hydrogen-bond acceptors (Lipinski definition) is 6. The summed E-state index contributed by atoms with van der Waals surface area (Å²) in [7, 11) is 0. The Morgan fingerprint density at radius 2 is 2.04 bits per heavy atom. The molecule has 27 heavy (non-hydrogen) atoms. The molecule has 0 spiro atoms. The molecule has 0 heterocycles. The largest absolute Gasteiger partial charge is 0.456 e. The van der Waals surface area contributed by atoms with E-state index in [2.05, 4.69) is 5.32 Å². The van der Waals surface area contributed by atoms with Crippen LogP contribution in [-0.4, -0.2) is 35.7 Å². The number of hydrogen-bond donors (Lipinski definition) is 1. The molecule has 1 fully saturated rings. The Morgan fingerprint density at radius 1 is 1.33 bits per heavy atom. The molecule has 1 amide bonds. The number of nitrogens with zero attached hydrogens (tertiary/aromatic N) is 1. The molecular formula is C19H24N2O6. The lowest BCUT2D eigenvalue weighted by atomic mass is 9.88. The SMILES string of the molecule is Cc1ccc(C)c(NC(=O)COC(=O)C[C@@H]2C(=O)C[C@@H](C)[C@@H]2C[N+](=O)[O-])c1. The van der Waals surface area contributed by atoms with E-state index in [0.29, 0.717) is 5.69 Å². The highest BCUT2D eigenvalue weighted by Crippen LogP contribution is 2.36. The zero-order valence-electron chi connectivity index (χ0n) is 15.7. The summed E-state index contributed by atoms with van der Waals surface area (Å²) in [5.74, 6) is -2.69. The van der Waals surface area contributed by atoms with E-state index in [-0.39, 0.29) is 31.1 Å². The molecule has 1 N–H and O–H groups in total. The molecule has 0 saturated heterocycles. The van der Waals surface area contributed by atoms with Crippen LogP contribution < -0.4 is 5.32 Å². The topological polar surface area (TPSA) is 116 Å². The zero-order chi connectivity index (χ0) is 20.1. The summed E-state index contributed by atoms with van der Waals surface area (Å²) < 4.78 is 4.97. The maximum atomic E-state index is 12.1. The van der Waals surface area contributed by atoms with Crippen molar-refractivity contribution >= 4 is 23.3 Å². The van der Waals surface area contributed by atoms with Crippen molar-refractivity contribution in [3.8, 4) is 0 Å². The van der Waals surface area contributed by atoms with Crippen LogP contribution in [0.1, 0.15) is 30.9 Å². The molecule has 0 unspecified atom stereocenters. The number of ether oxygens (including phenoxy) is 1. The summed E-state index contributed by atoms with van der Waals surface area (Å²) in [6.07, 6.45) is -0.0119. The van der Waals surface area contributed by atoms with Crippen molar-refractivity contribution in [2.24, 2.45) is 17.8 Å². The van der Waals surface area contributed by atoms with Crippen LogP contribution in [-0.2, 0) is 19.1 Å². The van der Waals surface area contributed by atoms with Gasteiger partial charge in [0.25, 0.3) is 5.91 Å². The van der Waals surface area contributed by atoms with Gasteiger partial charge < -0.3 is 10.1 Å². The number of Topliss-reactive ketones (excluding diaryl/α,β-unsaturated/α-hetero) is 1. The molecule has 0 radical (unpaired) electrons. The normalized spacial score (nSPS) is 21.7.